The van der Waals surface area contributed by atoms with Crippen LogP contribution >= 0.6 is 46.7 Å². The van der Waals surface area contributed by atoms with Gasteiger partial charge in [0.2, 0.25) is 0 Å². The van der Waals surface area contributed by atoms with Gasteiger partial charge in [0.05, 0.1) is 17.7 Å². The summed E-state index contributed by atoms with van der Waals surface area (Å²) < 4.78 is 0. The molecule has 0 atom stereocenters. The van der Waals surface area contributed by atoms with Crippen LogP contribution in [0.4, 0.5) is 0 Å². The fraction of sp³-hybridized carbons (Fsp3) is 0.438. The molecule has 138 valence electrons. The Labute approximate surface area is 173 Å². The molecule has 0 radical (unpaired) electrons. The minimum atomic E-state index is -0.0761. The topological polar surface area (TPSA) is 78.4 Å². The molecule has 3 N–H and O–H groups in total. The Balaban J connectivity index is 0.00000312. The first-order chi connectivity index (χ1) is 11.6. The normalized spacial score (nSPS) is 10.9. The molecule has 2 rings (SSSR count). The maximum Gasteiger partial charge on any atom is 0.263 e. The third kappa shape index (κ3) is 7.28. The molecule has 0 saturated carbocycles. The number of nitrogens with one attached hydrogen (secondary N) is 3. The number of guanidine groups is 1. The Morgan fingerprint density at radius 1 is 1.20 bits per heavy atom. The number of nitrogens with zero attached hydrogens (tertiary/aromatic N) is 2. The number of aromatic nitrogens is 1. The maximum absolute atomic E-state index is 12.0. The van der Waals surface area contributed by atoms with E-state index >= 15 is 0 Å². The number of aliphatic imine (C=N–C) groups is 1. The minimum Gasteiger partial charge on any atom is -0.357 e. The highest BCUT2D eigenvalue weighted by molar-refractivity contribution is 14.0. The molecule has 0 aliphatic rings. The van der Waals surface area contributed by atoms with E-state index in [0.717, 1.165) is 18.2 Å². The Hall–Kier alpha value is -1.20. The molecule has 2 aromatic heterocycles. The highest BCUT2D eigenvalue weighted by Gasteiger charge is 2.10. The van der Waals surface area contributed by atoms with E-state index in [0.29, 0.717) is 24.5 Å². The van der Waals surface area contributed by atoms with Gasteiger partial charge >= 0.3 is 0 Å². The van der Waals surface area contributed by atoms with Gasteiger partial charge in [0.25, 0.3) is 5.91 Å². The van der Waals surface area contributed by atoms with Crippen molar-refractivity contribution in [3.05, 3.63) is 38.0 Å². The van der Waals surface area contributed by atoms with Gasteiger partial charge in [-0.1, -0.05) is 0 Å². The van der Waals surface area contributed by atoms with Crippen molar-refractivity contribution in [3.63, 3.8) is 0 Å². The number of aryl methyl sites for hydroxylation is 2. The van der Waals surface area contributed by atoms with Crippen molar-refractivity contribution in [3.8, 4) is 0 Å². The zero-order valence-corrected chi connectivity index (χ0v) is 18.6. The summed E-state index contributed by atoms with van der Waals surface area (Å²) in [6.45, 7) is 8.54. The molecule has 0 aliphatic carbocycles. The van der Waals surface area contributed by atoms with Gasteiger partial charge in [-0.2, -0.15) is 0 Å². The van der Waals surface area contributed by atoms with Crippen LogP contribution in [0.1, 0.15) is 32.0 Å². The molecule has 6 nitrogen and oxygen atoms in total. The van der Waals surface area contributed by atoms with Gasteiger partial charge in [-0.05, 0) is 32.9 Å². The average molecular weight is 493 g/mol. The first-order valence-electron chi connectivity index (χ1n) is 7.86. The molecule has 0 spiro atoms. The molecule has 0 unspecified atom stereocenters. The lowest BCUT2D eigenvalue weighted by Gasteiger charge is -2.11. The largest absolute Gasteiger partial charge is 0.357 e. The number of carbonyl (C=O) groups excluding carboxylic acids is 1. The monoisotopic (exact) mass is 493 g/mol. The molecule has 1 amide bonds. The fourth-order valence-electron chi connectivity index (χ4n) is 2.03. The molecule has 0 bridgehead atoms. The standard InChI is InChI=1S/C16H23N5OS2.HI/c1-4-17-16(20-9-13-6-5-11(2)24-13)19-8-7-18-15(22)14-12(3)21-10-23-14;/h5-6,10H,4,7-9H2,1-3H3,(H,18,22)(H2,17,19,20);1H. The van der Waals surface area contributed by atoms with Crippen molar-refractivity contribution in [2.75, 3.05) is 19.6 Å². The molecule has 0 fully saturated rings. The van der Waals surface area contributed by atoms with E-state index in [1.54, 1.807) is 16.8 Å². The second-order valence-electron chi connectivity index (χ2n) is 5.16. The second kappa shape index (κ2) is 11.4. The first-order valence-corrected chi connectivity index (χ1v) is 9.55. The van der Waals surface area contributed by atoms with Crippen LogP contribution in [0, 0.1) is 13.8 Å². The summed E-state index contributed by atoms with van der Waals surface area (Å²) in [5, 5.41) is 9.33. The highest BCUT2D eigenvalue weighted by Crippen LogP contribution is 2.15. The lowest BCUT2D eigenvalue weighted by atomic mass is 10.4. The molecule has 9 heteroatoms. The molecule has 0 aromatic carbocycles. The lowest BCUT2D eigenvalue weighted by Crippen LogP contribution is -2.41. The van der Waals surface area contributed by atoms with Crippen molar-refractivity contribution in [1.82, 2.24) is 20.9 Å². The van der Waals surface area contributed by atoms with Gasteiger partial charge in [-0.15, -0.1) is 46.7 Å². The van der Waals surface area contributed by atoms with Crippen LogP contribution in [0.25, 0.3) is 0 Å². The van der Waals surface area contributed by atoms with Crippen molar-refractivity contribution in [2.24, 2.45) is 4.99 Å². The zero-order chi connectivity index (χ0) is 17.4. The van der Waals surface area contributed by atoms with Crippen LogP contribution < -0.4 is 16.0 Å². The average Bonchev–Trinajstić information content (AvgIpc) is 3.17. The van der Waals surface area contributed by atoms with Gasteiger partial charge < -0.3 is 16.0 Å². The summed E-state index contributed by atoms with van der Waals surface area (Å²) in [6, 6.07) is 4.21. The van der Waals surface area contributed by atoms with E-state index in [1.165, 1.54) is 21.1 Å². The molecule has 0 saturated heterocycles. The van der Waals surface area contributed by atoms with E-state index in [1.807, 2.05) is 13.8 Å². The number of halogens is 1. The zero-order valence-electron chi connectivity index (χ0n) is 14.6. The third-order valence-electron chi connectivity index (χ3n) is 3.19. The van der Waals surface area contributed by atoms with Crippen LogP contribution in [0.2, 0.25) is 0 Å². The Morgan fingerprint density at radius 3 is 2.56 bits per heavy atom. The van der Waals surface area contributed by atoms with Crippen molar-refractivity contribution in [1.29, 1.82) is 0 Å². The van der Waals surface area contributed by atoms with Crippen LogP contribution in [-0.2, 0) is 6.54 Å². The smallest absolute Gasteiger partial charge is 0.263 e. The van der Waals surface area contributed by atoms with E-state index in [9.17, 15) is 4.79 Å². The van der Waals surface area contributed by atoms with Crippen LogP contribution in [-0.4, -0.2) is 36.5 Å². The fourth-order valence-corrected chi connectivity index (χ4v) is 3.56. The number of hydrogen-bond acceptors (Lipinski definition) is 5. The summed E-state index contributed by atoms with van der Waals surface area (Å²) in [5.74, 6) is 0.680. The van der Waals surface area contributed by atoms with Crippen molar-refractivity contribution < 1.29 is 4.79 Å². The van der Waals surface area contributed by atoms with E-state index in [2.05, 4.69) is 45.0 Å². The Kier molecular flexibility index (Phi) is 9.98. The molecule has 2 aromatic rings. The molecular formula is C16H24IN5OS2. The summed E-state index contributed by atoms with van der Waals surface area (Å²) in [6.07, 6.45) is 0. The molecule has 0 aliphatic heterocycles. The summed E-state index contributed by atoms with van der Waals surface area (Å²) in [7, 11) is 0. The second-order valence-corrected chi connectivity index (χ2v) is 7.38. The number of hydrogen-bond donors (Lipinski definition) is 3. The SMILES string of the molecule is CCNC(=NCc1ccc(C)s1)NCCNC(=O)c1scnc1C.I. The van der Waals surface area contributed by atoms with E-state index < -0.39 is 0 Å². The van der Waals surface area contributed by atoms with Crippen LogP contribution in [0.3, 0.4) is 0 Å². The predicted molar refractivity (Wildman–Crippen MR) is 116 cm³/mol. The van der Waals surface area contributed by atoms with Crippen LogP contribution in [0.5, 0.6) is 0 Å². The number of thiophene rings is 1. The third-order valence-corrected chi connectivity index (χ3v) is 5.10. The Bertz CT molecular complexity index is 698. The van der Waals surface area contributed by atoms with Crippen molar-refractivity contribution in [2.45, 2.75) is 27.3 Å². The lowest BCUT2D eigenvalue weighted by molar-refractivity contribution is 0.0957. The quantitative estimate of drug-likeness (QED) is 0.240. The van der Waals surface area contributed by atoms with Crippen LogP contribution in [0.15, 0.2) is 22.6 Å². The number of carbonyl (C=O) groups is 1. The highest BCUT2D eigenvalue weighted by atomic mass is 127. The minimum absolute atomic E-state index is 0. The van der Waals surface area contributed by atoms with Gasteiger partial charge in [-0.3, -0.25) is 4.79 Å². The summed E-state index contributed by atoms with van der Waals surface area (Å²) >= 11 is 3.11. The summed E-state index contributed by atoms with van der Waals surface area (Å²) in [5.41, 5.74) is 2.46. The predicted octanol–water partition coefficient (Wildman–Crippen LogP) is 2.92. The van der Waals surface area contributed by atoms with E-state index in [4.69, 9.17) is 0 Å². The first kappa shape index (κ1) is 21.8. The number of rotatable bonds is 7. The van der Waals surface area contributed by atoms with Crippen molar-refractivity contribution >= 4 is 58.5 Å². The molecule has 25 heavy (non-hydrogen) atoms. The van der Waals surface area contributed by atoms with Gasteiger partial charge in [0, 0.05) is 29.4 Å². The van der Waals surface area contributed by atoms with E-state index in [-0.39, 0.29) is 29.9 Å². The number of amides is 1. The van der Waals surface area contributed by atoms with Gasteiger partial charge in [0.15, 0.2) is 5.96 Å². The molecule has 2 heterocycles. The van der Waals surface area contributed by atoms with Gasteiger partial charge in [0.1, 0.15) is 4.88 Å². The Morgan fingerprint density at radius 2 is 1.96 bits per heavy atom. The van der Waals surface area contributed by atoms with Gasteiger partial charge in [-0.25, -0.2) is 9.98 Å². The molecular weight excluding hydrogens is 469 g/mol. The maximum atomic E-state index is 12.0. The summed E-state index contributed by atoms with van der Waals surface area (Å²) in [4.78, 5) is 23.8. The number of thiazole rings is 1.